The molecule has 0 aliphatic heterocycles. The number of amides is 2. The van der Waals surface area contributed by atoms with Crippen molar-refractivity contribution in [3.8, 4) is 0 Å². The van der Waals surface area contributed by atoms with Crippen LogP contribution in [-0.4, -0.2) is 37.5 Å². The van der Waals surface area contributed by atoms with Gasteiger partial charge in [-0.1, -0.05) is 6.58 Å². The van der Waals surface area contributed by atoms with E-state index in [0.717, 1.165) is 0 Å². The Morgan fingerprint density at radius 1 is 1.43 bits per heavy atom. The molecule has 0 radical (unpaired) electrons. The molecule has 3 N–H and O–H groups in total. The molecule has 0 bridgehead atoms. The van der Waals surface area contributed by atoms with Crippen LogP contribution in [0.4, 0.5) is 4.79 Å². The molecule has 0 fully saturated rings. The molecular formula is C8H14N2O4. The van der Waals surface area contributed by atoms with Gasteiger partial charge in [-0.25, -0.2) is 4.79 Å². The highest BCUT2D eigenvalue weighted by Crippen LogP contribution is 1.95. The number of hydrogen-bond donors (Lipinski definition) is 3. The molecule has 0 heterocycles. The van der Waals surface area contributed by atoms with Crippen LogP contribution in [0.25, 0.3) is 0 Å². The second-order valence-corrected chi connectivity index (χ2v) is 2.62. The van der Waals surface area contributed by atoms with E-state index in [4.69, 9.17) is 5.11 Å². The van der Waals surface area contributed by atoms with Gasteiger partial charge in [-0.05, 0) is 5.57 Å². The van der Waals surface area contributed by atoms with Crippen LogP contribution < -0.4 is 10.6 Å². The molecule has 0 aliphatic rings. The van der Waals surface area contributed by atoms with Gasteiger partial charge in [-0.2, -0.15) is 0 Å². The van der Waals surface area contributed by atoms with Gasteiger partial charge >= 0.3 is 6.09 Å². The molecule has 0 saturated carbocycles. The summed E-state index contributed by atoms with van der Waals surface area (Å²) in [6.45, 7) is 3.76. The van der Waals surface area contributed by atoms with Gasteiger partial charge in [0.05, 0.1) is 0 Å². The van der Waals surface area contributed by atoms with E-state index >= 15 is 0 Å². The number of carbonyl (C=O) groups excluding carboxylic acids is 1. The third-order valence-corrected chi connectivity index (χ3v) is 1.31. The third kappa shape index (κ3) is 7.11. The van der Waals surface area contributed by atoms with Crippen molar-refractivity contribution >= 4 is 12.0 Å². The van der Waals surface area contributed by atoms with Crippen LogP contribution in [0.15, 0.2) is 12.2 Å². The Balaban J connectivity index is 3.60. The molecule has 0 atom stereocenters. The van der Waals surface area contributed by atoms with Gasteiger partial charge in [0.15, 0.2) is 0 Å². The van der Waals surface area contributed by atoms with E-state index in [1.807, 2.05) is 0 Å². The van der Waals surface area contributed by atoms with Gasteiger partial charge in [0.1, 0.15) is 6.73 Å². The Morgan fingerprint density at radius 3 is 2.57 bits per heavy atom. The Morgan fingerprint density at radius 2 is 2.07 bits per heavy atom. The van der Waals surface area contributed by atoms with Gasteiger partial charge in [0.25, 0.3) is 0 Å². The minimum absolute atomic E-state index is 0.0791. The van der Waals surface area contributed by atoms with E-state index in [9.17, 15) is 9.59 Å². The number of ether oxygens (including phenoxy) is 1. The number of carboxylic acid groups (broad SMARTS) is 1. The average Bonchev–Trinajstić information content (AvgIpc) is 2.11. The molecule has 0 aromatic heterocycles. The highest BCUT2D eigenvalue weighted by atomic mass is 16.5. The monoisotopic (exact) mass is 202 g/mol. The quantitative estimate of drug-likeness (QED) is 0.415. The lowest BCUT2D eigenvalue weighted by molar-refractivity contribution is -0.121. The molecular weight excluding hydrogens is 188 g/mol. The molecule has 0 aromatic rings. The van der Waals surface area contributed by atoms with Gasteiger partial charge < -0.3 is 20.5 Å². The number of nitrogens with one attached hydrogen (secondary N) is 2. The first kappa shape index (κ1) is 12.4. The zero-order valence-corrected chi connectivity index (χ0v) is 8.00. The van der Waals surface area contributed by atoms with E-state index < -0.39 is 6.09 Å². The van der Waals surface area contributed by atoms with E-state index in [2.05, 4.69) is 21.9 Å². The minimum Gasteiger partial charge on any atom is -0.465 e. The lowest BCUT2D eigenvalue weighted by Crippen LogP contribution is -2.28. The molecule has 0 spiro atoms. The van der Waals surface area contributed by atoms with Crippen LogP contribution in [0.1, 0.15) is 6.42 Å². The lowest BCUT2D eigenvalue weighted by Gasteiger charge is -2.06. The molecule has 6 heteroatoms. The van der Waals surface area contributed by atoms with Crippen molar-refractivity contribution < 1.29 is 19.4 Å². The second kappa shape index (κ2) is 6.90. The molecule has 6 nitrogen and oxygen atoms in total. The maximum Gasteiger partial charge on any atom is 0.404 e. The summed E-state index contributed by atoms with van der Waals surface area (Å²) >= 11 is 0. The fourth-order valence-corrected chi connectivity index (χ4v) is 0.705. The first-order valence-electron chi connectivity index (χ1n) is 3.95. The average molecular weight is 202 g/mol. The largest absolute Gasteiger partial charge is 0.465 e. The maximum absolute atomic E-state index is 11.0. The highest BCUT2D eigenvalue weighted by Gasteiger charge is 2.04. The predicted octanol–water partition coefficient (Wildman–Crippen LogP) is -0.0796. The van der Waals surface area contributed by atoms with Crippen molar-refractivity contribution in [1.82, 2.24) is 10.6 Å². The van der Waals surface area contributed by atoms with Crippen molar-refractivity contribution in [3.63, 3.8) is 0 Å². The second-order valence-electron chi connectivity index (χ2n) is 2.62. The number of methoxy groups -OCH3 is 1. The van der Waals surface area contributed by atoms with Crippen LogP contribution >= 0.6 is 0 Å². The van der Waals surface area contributed by atoms with Crippen LogP contribution in [0.5, 0.6) is 0 Å². The zero-order valence-electron chi connectivity index (χ0n) is 8.00. The van der Waals surface area contributed by atoms with Crippen molar-refractivity contribution in [3.05, 3.63) is 12.2 Å². The third-order valence-electron chi connectivity index (χ3n) is 1.31. The molecule has 2 amide bonds. The minimum atomic E-state index is -1.14. The van der Waals surface area contributed by atoms with Crippen LogP contribution in [0, 0.1) is 0 Å². The van der Waals surface area contributed by atoms with Crippen LogP contribution in [0.3, 0.4) is 0 Å². The standard InChI is InChI=1S/C8H14N2O4/c1-6(4-9-8(12)13)3-7(11)10-5-14-2/h9H,1,3-5H2,2H3,(H,10,11)(H,12,13). The van der Waals surface area contributed by atoms with Crippen molar-refractivity contribution in [1.29, 1.82) is 0 Å². The number of hydrogen-bond acceptors (Lipinski definition) is 3. The molecule has 0 saturated heterocycles. The summed E-state index contributed by atoms with van der Waals surface area (Å²) < 4.78 is 4.62. The summed E-state index contributed by atoms with van der Waals surface area (Å²) in [7, 11) is 1.46. The first-order chi connectivity index (χ1) is 6.56. The van der Waals surface area contributed by atoms with Crippen molar-refractivity contribution in [2.45, 2.75) is 6.42 Å². The lowest BCUT2D eigenvalue weighted by atomic mass is 10.2. The van der Waals surface area contributed by atoms with Crippen molar-refractivity contribution in [2.24, 2.45) is 0 Å². The summed E-state index contributed by atoms with van der Waals surface area (Å²) in [5.41, 5.74) is 0.501. The fraction of sp³-hybridized carbons (Fsp3) is 0.500. The zero-order chi connectivity index (χ0) is 11.0. The van der Waals surface area contributed by atoms with E-state index in [1.54, 1.807) is 0 Å². The topological polar surface area (TPSA) is 87.7 Å². The fourth-order valence-electron chi connectivity index (χ4n) is 0.705. The number of rotatable bonds is 6. The van der Waals surface area contributed by atoms with Crippen LogP contribution in [0.2, 0.25) is 0 Å². The molecule has 0 aliphatic carbocycles. The maximum atomic E-state index is 11.0. The molecule has 0 unspecified atom stereocenters. The van der Waals surface area contributed by atoms with Gasteiger partial charge in [0, 0.05) is 20.1 Å². The number of carbonyl (C=O) groups is 2. The SMILES string of the molecule is C=C(CNC(=O)O)CC(=O)NCOC. The Bertz CT molecular complexity index is 227. The summed E-state index contributed by atoms with van der Waals surface area (Å²) in [4.78, 5) is 21.1. The first-order valence-corrected chi connectivity index (χ1v) is 3.95. The Kier molecular flexibility index (Phi) is 6.13. The smallest absolute Gasteiger partial charge is 0.404 e. The van der Waals surface area contributed by atoms with Crippen molar-refractivity contribution in [2.75, 3.05) is 20.4 Å². The predicted molar refractivity (Wildman–Crippen MR) is 49.8 cm³/mol. The Labute approximate surface area is 81.9 Å². The molecule has 0 rings (SSSR count). The molecule has 14 heavy (non-hydrogen) atoms. The van der Waals surface area contributed by atoms with Gasteiger partial charge in [-0.3, -0.25) is 4.79 Å². The molecule has 80 valence electrons. The summed E-state index contributed by atoms with van der Waals surface area (Å²) in [5.74, 6) is -0.246. The molecule has 0 aromatic carbocycles. The van der Waals surface area contributed by atoms with Crippen LogP contribution in [-0.2, 0) is 9.53 Å². The Hall–Kier alpha value is -1.56. The highest BCUT2D eigenvalue weighted by molar-refractivity contribution is 5.78. The summed E-state index contributed by atoms with van der Waals surface area (Å²) in [5, 5.41) is 12.8. The normalized spacial score (nSPS) is 9.21. The van der Waals surface area contributed by atoms with Gasteiger partial charge in [-0.15, -0.1) is 0 Å². The summed E-state index contributed by atoms with van der Waals surface area (Å²) in [6.07, 6.45) is -1.05. The van der Waals surface area contributed by atoms with E-state index in [0.29, 0.717) is 5.57 Å². The van der Waals surface area contributed by atoms with E-state index in [-0.39, 0.29) is 25.6 Å². The summed E-state index contributed by atoms with van der Waals surface area (Å²) in [6, 6.07) is 0. The van der Waals surface area contributed by atoms with E-state index in [1.165, 1.54) is 7.11 Å². The van der Waals surface area contributed by atoms with Gasteiger partial charge in [0.2, 0.25) is 5.91 Å².